The van der Waals surface area contributed by atoms with Gasteiger partial charge in [-0.25, -0.2) is 4.79 Å². The first-order valence-corrected chi connectivity index (χ1v) is 13.6. The smallest absolute Gasteiger partial charge is 0.326 e. The Hall–Kier alpha value is -4.58. The van der Waals surface area contributed by atoms with Crippen molar-refractivity contribution in [2.45, 2.75) is 51.9 Å². The van der Waals surface area contributed by atoms with E-state index in [1.807, 2.05) is 42.5 Å². The molecule has 0 aromatic heterocycles. The number of carbonyl (C=O) groups excluding carboxylic acids is 1. The van der Waals surface area contributed by atoms with Crippen LogP contribution in [0.5, 0.6) is 11.5 Å². The number of carbonyl (C=O) groups is 2. The molecule has 0 aliphatic rings. The van der Waals surface area contributed by atoms with E-state index in [-0.39, 0.29) is 6.42 Å². The number of aliphatic carboxylic acids is 1. The highest BCUT2D eigenvalue weighted by Gasteiger charge is 2.21. The van der Waals surface area contributed by atoms with Gasteiger partial charge >= 0.3 is 5.97 Å². The molecule has 0 aliphatic carbocycles. The zero-order valence-corrected chi connectivity index (χ0v) is 22.7. The first-order chi connectivity index (χ1) is 19.5. The van der Waals surface area contributed by atoms with E-state index in [1.165, 1.54) is 18.4 Å². The second kappa shape index (κ2) is 14.5. The van der Waals surface area contributed by atoms with Crippen LogP contribution in [0.15, 0.2) is 103 Å². The van der Waals surface area contributed by atoms with Crippen molar-refractivity contribution in [1.82, 2.24) is 5.32 Å². The second-order valence-corrected chi connectivity index (χ2v) is 9.72. The lowest BCUT2D eigenvalue weighted by atomic mass is 10.1. The Balaban J connectivity index is 1.27. The number of benzene rings is 4. The fourth-order valence-electron chi connectivity index (χ4n) is 4.19. The molecule has 40 heavy (non-hydrogen) atoms. The molecule has 6 nitrogen and oxygen atoms in total. The lowest BCUT2D eigenvalue weighted by Gasteiger charge is -2.15. The number of unbranched alkanes of at least 4 members (excludes halogenated alkanes) is 1. The molecule has 0 saturated carbocycles. The molecule has 206 valence electrons. The molecular weight excluding hydrogens is 502 g/mol. The molecule has 0 bridgehead atoms. The van der Waals surface area contributed by atoms with Crippen molar-refractivity contribution in [3.8, 4) is 11.5 Å². The normalized spacial score (nSPS) is 11.4. The number of aryl methyl sites for hydroxylation is 1. The van der Waals surface area contributed by atoms with Gasteiger partial charge in [-0.3, -0.25) is 4.79 Å². The molecule has 0 aliphatic heterocycles. The summed E-state index contributed by atoms with van der Waals surface area (Å²) in [7, 11) is 0. The monoisotopic (exact) mass is 537 g/mol. The summed E-state index contributed by atoms with van der Waals surface area (Å²) >= 11 is 0. The third-order valence-electron chi connectivity index (χ3n) is 6.58. The molecule has 2 N–H and O–H groups in total. The van der Waals surface area contributed by atoms with Gasteiger partial charge in [0.05, 0.1) is 0 Å². The fraction of sp³-hybridized carbons (Fsp3) is 0.235. The molecule has 0 saturated heterocycles. The molecule has 1 amide bonds. The van der Waals surface area contributed by atoms with Crippen molar-refractivity contribution in [2.75, 3.05) is 0 Å². The minimum atomic E-state index is -1.10. The third-order valence-corrected chi connectivity index (χ3v) is 6.58. The Morgan fingerprint density at radius 3 is 1.80 bits per heavy atom. The highest BCUT2D eigenvalue weighted by molar-refractivity contribution is 5.96. The average molecular weight is 538 g/mol. The largest absolute Gasteiger partial charge is 0.489 e. The van der Waals surface area contributed by atoms with Crippen LogP contribution in [0.4, 0.5) is 0 Å². The Labute approximate surface area is 235 Å². The number of nitrogens with one attached hydrogen (secondary N) is 1. The highest BCUT2D eigenvalue weighted by atomic mass is 16.5. The van der Waals surface area contributed by atoms with Crippen molar-refractivity contribution in [1.29, 1.82) is 0 Å². The quantitative estimate of drug-likeness (QED) is 0.189. The van der Waals surface area contributed by atoms with Gasteiger partial charge in [0.1, 0.15) is 30.8 Å². The van der Waals surface area contributed by atoms with Gasteiger partial charge in [-0.2, -0.15) is 0 Å². The van der Waals surface area contributed by atoms with Crippen LogP contribution in [0.3, 0.4) is 0 Å². The van der Waals surface area contributed by atoms with Crippen LogP contribution in [0.1, 0.15) is 52.4 Å². The molecule has 4 rings (SSSR count). The van der Waals surface area contributed by atoms with Gasteiger partial charge in [0.15, 0.2) is 0 Å². The summed E-state index contributed by atoms with van der Waals surface area (Å²) < 4.78 is 11.7. The Morgan fingerprint density at radius 2 is 1.23 bits per heavy atom. The zero-order chi connectivity index (χ0) is 28.2. The van der Waals surface area contributed by atoms with Crippen molar-refractivity contribution in [3.05, 3.63) is 131 Å². The molecule has 1 atom stereocenters. The van der Waals surface area contributed by atoms with E-state index in [0.29, 0.717) is 30.3 Å². The number of rotatable bonds is 14. The highest BCUT2D eigenvalue weighted by Crippen LogP contribution is 2.18. The SMILES string of the molecule is CCCCc1ccc(COc2ccc(C(=O)NC(Cc3ccc(OCc4ccccc4)cc3)C(=O)O)cc2)cc1. The molecule has 4 aromatic rings. The van der Waals surface area contributed by atoms with Crippen LogP contribution in [-0.4, -0.2) is 23.0 Å². The lowest BCUT2D eigenvalue weighted by molar-refractivity contribution is -0.139. The molecule has 0 heterocycles. The van der Waals surface area contributed by atoms with E-state index in [2.05, 4.69) is 36.5 Å². The predicted molar refractivity (Wildman–Crippen MR) is 156 cm³/mol. The standard InChI is InChI=1S/C34H35NO5/c1-2-3-7-25-10-12-28(13-11-25)24-40-31-20-16-29(17-21-31)33(36)35-32(34(37)38)22-26-14-18-30(19-15-26)39-23-27-8-5-4-6-9-27/h4-6,8-21,32H,2-3,7,22-24H2,1H3,(H,35,36)(H,37,38). The summed E-state index contributed by atoms with van der Waals surface area (Å²) in [5.41, 5.74) is 4.60. The summed E-state index contributed by atoms with van der Waals surface area (Å²) in [6.07, 6.45) is 3.59. The molecule has 4 aromatic carbocycles. The molecule has 0 spiro atoms. The Kier molecular flexibility index (Phi) is 10.3. The van der Waals surface area contributed by atoms with Crippen LogP contribution >= 0.6 is 0 Å². The van der Waals surface area contributed by atoms with E-state index in [9.17, 15) is 14.7 Å². The Bertz CT molecular complexity index is 1350. The van der Waals surface area contributed by atoms with Crippen molar-refractivity contribution in [3.63, 3.8) is 0 Å². The zero-order valence-electron chi connectivity index (χ0n) is 22.7. The van der Waals surface area contributed by atoms with Gasteiger partial charge < -0.3 is 19.9 Å². The lowest BCUT2D eigenvalue weighted by Crippen LogP contribution is -2.42. The summed E-state index contributed by atoms with van der Waals surface area (Å²) in [4.78, 5) is 24.7. The number of ether oxygens (including phenoxy) is 2. The van der Waals surface area contributed by atoms with E-state index in [0.717, 1.165) is 23.1 Å². The second-order valence-electron chi connectivity index (χ2n) is 9.72. The minimum Gasteiger partial charge on any atom is -0.489 e. The maximum absolute atomic E-state index is 12.8. The first kappa shape index (κ1) is 28.4. The molecule has 0 radical (unpaired) electrons. The summed E-state index contributed by atoms with van der Waals surface area (Å²) in [6.45, 7) is 3.06. The number of carboxylic acids is 1. The van der Waals surface area contributed by atoms with E-state index >= 15 is 0 Å². The molecule has 1 unspecified atom stereocenters. The first-order valence-electron chi connectivity index (χ1n) is 13.6. The van der Waals surface area contributed by atoms with Crippen LogP contribution in [-0.2, 0) is 30.8 Å². The maximum atomic E-state index is 12.8. The van der Waals surface area contributed by atoms with Gasteiger partial charge in [0.2, 0.25) is 0 Å². The molecular formula is C34H35NO5. The fourth-order valence-corrected chi connectivity index (χ4v) is 4.19. The number of carboxylic acid groups (broad SMARTS) is 1. The molecule has 6 heteroatoms. The van der Waals surface area contributed by atoms with Crippen molar-refractivity contribution >= 4 is 11.9 Å². The van der Waals surface area contributed by atoms with Gasteiger partial charge in [0.25, 0.3) is 5.91 Å². The number of amides is 1. The minimum absolute atomic E-state index is 0.151. The molecule has 0 fully saturated rings. The summed E-state index contributed by atoms with van der Waals surface area (Å²) in [5, 5.41) is 12.3. The third kappa shape index (κ3) is 8.73. The number of hydrogen-bond donors (Lipinski definition) is 2. The summed E-state index contributed by atoms with van der Waals surface area (Å²) in [5.74, 6) is -0.228. The van der Waals surface area contributed by atoms with Crippen LogP contribution in [0, 0.1) is 0 Å². The topological polar surface area (TPSA) is 84.9 Å². The average Bonchev–Trinajstić information content (AvgIpc) is 2.99. The van der Waals surface area contributed by atoms with Crippen molar-refractivity contribution in [2.24, 2.45) is 0 Å². The van der Waals surface area contributed by atoms with Gasteiger partial charge in [-0.05, 0) is 71.5 Å². The van der Waals surface area contributed by atoms with E-state index in [4.69, 9.17) is 9.47 Å². The Morgan fingerprint density at radius 1 is 0.700 bits per heavy atom. The van der Waals surface area contributed by atoms with E-state index < -0.39 is 17.9 Å². The predicted octanol–water partition coefficient (Wildman–Crippen LogP) is 6.61. The van der Waals surface area contributed by atoms with Gasteiger partial charge in [-0.1, -0.05) is 80.1 Å². The van der Waals surface area contributed by atoms with Crippen LogP contribution < -0.4 is 14.8 Å². The van der Waals surface area contributed by atoms with Crippen LogP contribution in [0.2, 0.25) is 0 Å². The number of hydrogen-bond acceptors (Lipinski definition) is 4. The summed E-state index contributed by atoms with van der Waals surface area (Å²) in [6, 6.07) is 31.1. The van der Waals surface area contributed by atoms with Crippen molar-refractivity contribution < 1.29 is 24.2 Å². The van der Waals surface area contributed by atoms with Gasteiger partial charge in [0, 0.05) is 12.0 Å². The van der Waals surface area contributed by atoms with Crippen LogP contribution in [0.25, 0.3) is 0 Å². The van der Waals surface area contributed by atoms with Gasteiger partial charge in [-0.15, -0.1) is 0 Å². The van der Waals surface area contributed by atoms with E-state index in [1.54, 1.807) is 36.4 Å². The maximum Gasteiger partial charge on any atom is 0.326 e.